The number of ether oxygens (including phenoxy) is 2. The first-order valence-electron chi connectivity index (χ1n) is 10.6. The van der Waals surface area contributed by atoms with E-state index in [1.165, 1.54) is 7.11 Å². The molecule has 0 spiro atoms. The summed E-state index contributed by atoms with van der Waals surface area (Å²) < 4.78 is 10.3. The number of carbonyl (C=O) groups excluding carboxylic acids is 2. The summed E-state index contributed by atoms with van der Waals surface area (Å²) in [7, 11) is 1.36. The van der Waals surface area contributed by atoms with E-state index in [2.05, 4.69) is 12.1 Å². The SMILES string of the molecule is COC(=O)Cc1ccc(O)c(C2(c3ccccc3)CCN(C(=O)OC(C)(C)C)CC2)c1. The van der Waals surface area contributed by atoms with Crippen LogP contribution in [-0.2, 0) is 26.1 Å². The van der Waals surface area contributed by atoms with E-state index in [0.29, 0.717) is 25.9 Å². The minimum absolute atomic E-state index is 0.138. The van der Waals surface area contributed by atoms with E-state index in [0.717, 1.165) is 16.7 Å². The Hall–Kier alpha value is -3.02. The number of hydrogen-bond acceptors (Lipinski definition) is 5. The number of phenolic OH excluding ortho intramolecular Hbond substituents is 1. The van der Waals surface area contributed by atoms with Crippen molar-refractivity contribution in [3.63, 3.8) is 0 Å². The first-order chi connectivity index (χ1) is 14.6. The fourth-order valence-corrected chi connectivity index (χ4v) is 4.18. The summed E-state index contributed by atoms with van der Waals surface area (Å²) >= 11 is 0. The third-order valence-corrected chi connectivity index (χ3v) is 5.75. The van der Waals surface area contributed by atoms with Crippen molar-refractivity contribution < 1.29 is 24.2 Å². The lowest BCUT2D eigenvalue weighted by Gasteiger charge is -2.43. The number of likely N-dealkylation sites (tertiary alicyclic amines) is 1. The number of amides is 1. The highest BCUT2D eigenvalue weighted by Gasteiger charge is 2.41. The minimum atomic E-state index is -0.550. The molecule has 3 rings (SSSR count). The lowest BCUT2D eigenvalue weighted by molar-refractivity contribution is -0.139. The van der Waals surface area contributed by atoms with Crippen molar-refractivity contribution in [3.05, 3.63) is 65.2 Å². The van der Waals surface area contributed by atoms with Gasteiger partial charge in [0.1, 0.15) is 11.4 Å². The number of nitrogens with zero attached hydrogens (tertiary/aromatic N) is 1. The second-order valence-corrected chi connectivity index (χ2v) is 9.02. The van der Waals surface area contributed by atoms with Gasteiger partial charge in [0.15, 0.2) is 0 Å². The zero-order valence-electron chi connectivity index (χ0n) is 18.7. The van der Waals surface area contributed by atoms with Crippen LogP contribution in [0.2, 0.25) is 0 Å². The summed E-state index contributed by atoms with van der Waals surface area (Å²) in [4.78, 5) is 26.1. The van der Waals surface area contributed by atoms with Gasteiger partial charge < -0.3 is 19.5 Å². The molecule has 0 atom stereocenters. The molecule has 0 aliphatic carbocycles. The van der Waals surface area contributed by atoms with E-state index in [1.807, 2.05) is 45.0 Å². The predicted molar refractivity (Wildman–Crippen MR) is 118 cm³/mol. The van der Waals surface area contributed by atoms with Gasteiger partial charge in [-0.25, -0.2) is 4.79 Å². The van der Waals surface area contributed by atoms with E-state index < -0.39 is 11.0 Å². The first kappa shape index (κ1) is 22.7. The monoisotopic (exact) mass is 425 g/mol. The third kappa shape index (κ3) is 5.19. The van der Waals surface area contributed by atoms with Crippen LogP contribution in [-0.4, -0.2) is 47.9 Å². The Kier molecular flexibility index (Phi) is 6.58. The van der Waals surface area contributed by atoms with Gasteiger partial charge in [-0.2, -0.15) is 0 Å². The highest BCUT2D eigenvalue weighted by Crippen LogP contribution is 2.45. The maximum Gasteiger partial charge on any atom is 0.410 e. The van der Waals surface area contributed by atoms with Crippen LogP contribution in [0, 0.1) is 0 Å². The average molecular weight is 426 g/mol. The molecule has 1 heterocycles. The Labute approximate surface area is 183 Å². The summed E-state index contributed by atoms with van der Waals surface area (Å²) in [5, 5.41) is 10.8. The van der Waals surface area contributed by atoms with E-state index in [4.69, 9.17) is 9.47 Å². The summed E-state index contributed by atoms with van der Waals surface area (Å²) in [6, 6.07) is 15.3. The van der Waals surface area contributed by atoms with Crippen molar-refractivity contribution >= 4 is 12.1 Å². The van der Waals surface area contributed by atoms with Crippen LogP contribution < -0.4 is 0 Å². The summed E-state index contributed by atoms with van der Waals surface area (Å²) in [5.41, 5.74) is 1.60. The lowest BCUT2D eigenvalue weighted by atomic mass is 9.67. The van der Waals surface area contributed by atoms with Crippen molar-refractivity contribution in [2.75, 3.05) is 20.2 Å². The normalized spacial score (nSPS) is 15.9. The molecule has 0 saturated carbocycles. The molecule has 1 saturated heterocycles. The second-order valence-electron chi connectivity index (χ2n) is 9.02. The highest BCUT2D eigenvalue weighted by atomic mass is 16.6. The predicted octanol–water partition coefficient (Wildman–Crippen LogP) is 4.42. The van der Waals surface area contributed by atoms with E-state index in [-0.39, 0.29) is 24.2 Å². The van der Waals surface area contributed by atoms with Crippen LogP contribution in [0.15, 0.2) is 48.5 Å². The molecule has 2 aromatic carbocycles. The molecule has 0 radical (unpaired) electrons. The quantitative estimate of drug-likeness (QED) is 0.734. The second kappa shape index (κ2) is 9.00. The average Bonchev–Trinajstić information content (AvgIpc) is 2.74. The molecule has 1 N–H and O–H groups in total. The molecule has 6 nitrogen and oxygen atoms in total. The Morgan fingerprint density at radius 2 is 1.71 bits per heavy atom. The minimum Gasteiger partial charge on any atom is -0.508 e. The molecule has 1 aliphatic rings. The van der Waals surface area contributed by atoms with Crippen LogP contribution in [0.5, 0.6) is 5.75 Å². The van der Waals surface area contributed by atoms with Gasteiger partial charge in [-0.05, 0) is 50.8 Å². The van der Waals surface area contributed by atoms with Gasteiger partial charge in [0.2, 0.25) is 0 Å². The highest BCUT2D eigenvalue weighted by molar-refractivity contribution is 5.73. The van der Waals surface area contributed by atoms with Crippen molar-refractivity contribution in [3.8, 4) is 5.75 Å². The number of aromatic hydroxyl groups is 1. The maximum atomic E-state index is 12.6. The molecule has 166 valence electrons. The van der Waals surface area contributed by atoms with Gasteiger partial charge in [0.25, 0.3) is 0 Å². The molecule has 1 fully saturated rings. The smallest absolute Gasteiger partial charge is 0.410 e. The van der Waals surface area contributed by atoms with Gasteiger partial charge in [-0.3, -0.25) is 4.79 Å². The number of rotatable bonds is 4. The molecular weight excluding hydrogens is 394 g/mol. The van der Waals surface area contributed by atoms with Crippen molar-refractivity contribution in [1.82, 2.24) is 4.90 Å². The molecule has 2 aromatic rings. The van der Waals surface area contributed by atoms with Crippen molar-refractivity contribution in [2.24, 2.45) is 0 Å². The molecule has 0 aromatic heterocycles. The Balaban J connectivity index is 1.96. The summed E-state index contributed by atoms with van der Waals surface area (Å²) in [5.74, 6) is -0.145. The first-order valence-corrected chi connectivity index (χ1v) is 10.6. The van der Waals surface area contributed by atoms with E-state index >= 15 is 0 Å². The van der Waals surface area contributed by atoms with Gasteiger partial charge >= 0.3 is 12.1 Å². The van der Waals surface area contributed by atoms with Gasteiger partial charge in [-0.15, -0.1) is 0 Å². The van der Waals surface area contributed by atoms with Gasteiger partial charge in [0, 0.05) is 24.1 Å². The number of carbonyl (C=O) groups is 2. The number of methoxy groups -OCH3 is 1. The zero-order chi connectivity index (χ0) is 22.6. The standard InChI is InChI=1S/C25H31NO5/c1-24(2,3)31-23(29)26-14-12-25(13-15-26,19-8-6-5-7-9-19)20-16-18(10-11-21(20)27)17-22(28)30-4/h5-11,16,27H,12-15,17H2,1-4H3. The fraction of sp³-hybridized carbons (Fsp3) is 0.440. The molecule has 6 heteroatoms. The van der Waals surface area contributed by atoms with Crippen molar-refractivity contribution in [1.29, 1.82) is 0 Å². The Bertz CT molecular complexity index is 925. The third-order valence-electron chi connectivity index (χ3n) is 5.75. The van der Waals surface area contributed by atoms with Crippen LogP contribution in [0.4, 0.5) is 4.79 Å². The number of piperidine rings is 1. The number of benzene rings is 2. The van der Waals surface area contributed by atoms with Gasteiger partial charge in [-0.1, -0.05) is 42.5 Å². The van der Waals surface area contributed by atoms with E-state index in [9.17, 15) is 14.7 Å². The Morgan fingerprint density at radius 1 is 1.06 bits per heavy atom. The number of phenols is 1. The number of hydrogen-bond donors (Lipinski definition) is 1. The van der Waals surface area contributed by atoms with E-state index in [1.54, 1.807) is 17.0 Å². The summed E-state index contributed by atoms with van der Waals surface area (Å²) in [6.07, 6.45) is 1.08. The van der Waals surface area contributed by atoms with Crippen LogP contribution in [0.25, 0.3) is 0 Å². The van der Waals surface area contributed by atoms with Gasteiger partial charge in [0.05, 0.1) is 13.5 Å². The van der Waals surface area contributed by atoms with Crippen LogP contribution in [0.3, 0.4) is 0 Å². The summed E-state index contributed by atoms with van der Waals surface area (Å²) in [6.45, 7) is 6.57. The topological polar surface area (TPSA) is 76.1 Å². The molecular formula is C25H31NO5. The fourth-order valence-electron chi connectivity index (χ4n) is 4.18. The molecule has 31 heavy (non-hydrogen) atoms. The van der Waals surface area contributed by atoms with Crippen molar-refractivity contribution in [2.45, 2.75) is 51.0 Å². The molecule has 1 amide bonds. The maximum absolute atomic E-state index is 12.6. The number of esters is 1. The molecule has 0 bridgehead atoms. The zero-order valence-corrected chi connectivity index (χ0v) is 18.7. The molecule has 1 aliphatic heterocycles. The lowest BCUT2D eigenvalue weighted by Crippen LogP contribution is -2.47. The van der Waals surface area contributed by atoms with Crippen LogP contribution in [0.1, 0.15) is 50.3 Å². The largest absolute Gasteiger partial charge is 0.508 e. The Morgan fingerprint density at radius 3 is 2.29 bits per heavy atom. The van der Waals surface area contributed by atoms with Crippen LogP contribution >= 0.6 is 0 Å². The molecule has 0 unspecified atom stereocenters.